The molecule has 0 radical (unpaired) electrons. The molecule has 0 saturated carbocycles. The molecule has 0 aliphatic carbocycles. The van der Waals surface area contributed by atoms with Crippen LogP contribution in [0.5, 0.6) is 5.75 Å². The average molecular weight is 242 g/mol. The first kappa shape index (κ1) is 12.7. The molecule has 0 aliphatic heterocycles. The second-order valence-corrected chi connectivity index (χ2v) is 4.22. The molecule has 2 rings (SSSR count). The fourth-order valence-electron chi connectivity index (χ4n) is 1.66. The summed E-state index contributed by atoms with van der Waals surface area (Å²) in [6, 6.07) is 14.9. The van der Waals surface area contributed by atoms with Crippen LogP contribution in [-0.2, 0) is 6.61 Å². The molecule has 0 amide bonds. The van der Waals surface area contributed by atoms with Crippen LogP contribution >= 0.6 is 0 Å². The lowest BCUT2D eigenvalue weighted by molar-refractivity contribution is 0.306. The Morgan fingerprint density at radius 3 is 2.39 bits per heavy atom. The van der Waals surface area contributed by atoms with Crippen molar-refractivity contribution in [2.24, 2.45) is 0 Å². The van der Waals surface area contributed by atoms with Crippen LogP contribution in [0.4, 0.5) is 0 Å². The van der Waals surface area contributed by atoms with E-state index in [0.29, 0.717) is 12.1 Å². The lowest BCUT2D eigenvalue weighted by atomic mass is 9.80. The number of benzene rings is 2. The fourth-order valence-corrected chi connectivity index (χ4v) is 1.66. The molecule has 4 heteroatoms. The summed E-state index contributed by atoms with van der Waals surface area (Å²) in [5, 5.41) is 18.0. The van der Waals surface area contributed by atoms with E-state index in [9.17, 15) is 0 Å². The quantitative estimate of drug-likeness (QED) is 0.793. The van der Waals surface area contributed by atoms with E-state index in [0.717, 1.165) is 16.9 Å². The number of hydrogen-bond donors (Lipinski definition) is 2. The van der Waals surface area contributed by atoms with E-state index < -0.39 is 7.12 Å². The van der Waals surface area contributed by atoms with Crippen molar-refractivity contribution >= 4 is 12.6 Å². The van der Waals surface area contributed by atoms with Crippen LogP contribution in [0.15, 0.2) is 48.5 Å². The standard InChI is InChI=1S/C14H15BO3/c1-11-3-2-4-14(9-11)18-10-12-5-7-13(8-6-12)15(16)17/h2-9,16-17H,10H2,1H3. The topological polar surface area (TPSA) is 49.7 Å². The summed E-state index contributed by atoms with van der Waals surface area (Å²) in [5.74, 6) is 0.835. The van der Waals surface area contributed by atoms with Crippen molar-refractivity contribution < 1.29 is 14.8 Å². The zero-order chi connectivity index (χ0) is 13.0. The van der Waals surface area contributed by atoms with Gasteiger partial charge in [0, 0.05) is 0 Å². The Morgan fingerprint density at radius 1 is 1.06 bits per heavy atom. The van der Waals surface area contributed by atoms with Crippen molar-refractivity contribution in [3.05, 3.63) is 59.7 Å². The van der Waals surface area contributed by atoms with Crippen molar-refractivity contribution in [2.45, 2.75) is 13.5 Å². The highest BCUT2D eigenvalue weighted by Crippen LogP contribution is 2.14. The monoisotopic (exact) mass is 242 g/mol. The highest BCUT2D eigenvalue weighted by Gasteiger charge is 2.09. The Balaban J connectivity index is 1.98. The number of aryl methyl sites for hydroxylation is 1. The summed E-state index contributed by atoms with van der Waals surface area (Å²) in [6.45, 7) is 2.48. The van der Waals surface area contributed by atoms with E-state index in [1.807, 2.05) is 43.3 Å². The maximum atomic E-state index is 8.98. The van der Waals surface area contributed by atoms with Crippen LogP contribution in [-0.4, -0.2) is 17.2 Å². The zero-order valence-electron chi connectivity index (χ0n) is 10.2. The third-order valence-corrected chi connectivity index (χ3v) is 2.67. The predicted octanol–water partition coefficient (Wildman–Crippen LogP) is 1.25. The third-order valence-electron chi connectivity index (χ3n) is 2.67. The van der Waals surface area contributed by atoms with E-state index >= 15 is 0 Å². The second kappa shape index (κ2) is 5.71. The molecule has 0 unspecified atom stereocenters. The molecular formula is C14H15BO3. The van der Waals surface area contributed by atoms with Crippen LogP contribution in [0.3, 0.4) is 0 Å². The summed E-state index contributed by atoms with van der Waals surface area (Å²) in [5.41, 5.74) is 2.63. The van der Waals surface area contributed by atoms with E-state index in [2.05, 4.69) is 0 Å². The van der Waals surface area contributed by atoms with Crippen LogP contribution < -0.4 is 10.2 Å². The first-order valence-electron chi connectivity index (χ1n) is 5.79. The molecule has 0 aromatic heterocycles. The highest BCUT2D eigenvalue weighted by molar-refractivity contribution is 6.58. The van der Waals surface area contributed by atoms with E-state index in [4.69, 9.17) is 14.8 Å². The molecule has 0 aliphatic rings. The van der Waals surface area contributed by atoms with Gasteiger partial charge in [-0.2, -0.15) is 0 Å². The minimum Gasteiger partial charge on any atom is -0.489 e. The van der Waals surface area contributed by atoms with Crippen molar-refractivity contribution in [3.8, 4) is 5.75 Å². The molecule has 0 heterocycles. The van der Waals surface area contributed by atoms with Crippen LogP contribution in [0.1, 0.15) is 11.1 Å². The van der Waals surface area contributed by atoms with Gasteiger partial charge in [0.25, 0.3) is 0 Å². The molecular weight excluding hydrogens is 227 g/mol. The average Bonchev–Trinajstić information content (AvgIpc) is 2.37. The lowest BCUT2D eigenvalue weighted by Gasteiger charge is -2.07. The van der Waals surface area contributed by atoms with Gasteiger partial charge in [0.05, 0.1) is 0 Å². The summed E-state index contributed by atoms with van der Waals surface area (Å²) in [7, 11) is -1.42. The molecule has 0 spiro atoms. The van der Waals surface area contributed by atoms with E-state index in [-0.39, 0.29) is 0 Å². The molecule has 92 valence electrons. The Labute approximate surface area is 107 Å². The fraction of sp³-hybridized carbons (Fsp3) is 0.143. The summed E-state index contributed by atoms with van der Waals surface area (Å²) < 4.78 is 5.65. The van der Waals surface area contributed by atoms with Gasteiger partial charge in [0.2, 0.25) is 0 Å². The molecule has 0 bridgehead atoms. The number of hydrogen-bond acceptors (Lipinski definition) is 3. The Hall–Kier alpha value is -1.78. The van der Waals surface area contributed by atoms with Gasteiger partial charge >= 0.3 is 7.12 Å². The Kier molecular flexibility index (Phi) is 4.02. The van der Waals surface area contributed by atoms with Crippen molar-refractivity contribution in [2.75, 3.05) is 0 Å². The summed E-state index contributed by atoms with van der Waals surface area (Å²) in [4.78, 5) is 0. The second-order valence-electron chi connectivity index (χ2n) is 4.22. The summed E-state index contributed by atoms with van der Waals surface area (Å²) in [6.07, 6.45) is 0. The number of ether oxygens (including phenoxy) is 1. The van der Waals surface area contributed by atoms with Gasteiger partial charge in [0.15, 0.2) is 0 Å². The normalized spacial score (nSPS) is 10.2. The molecule has 0 fully saturated rings. The predicted molar refractivity (Wildman–Crippen MR) is 71.8 cm³/mol. The van der Waals surface area contributed by atoms with Crippen LogP contribution in [0.2, 0.25) is 0 Å². The smallest absolute Gasteiger partial charge is 0.488 e. The molecule has 0 atom stereocenters. The molecule has 2 aromatic carbocycles. The molecule has 3 nitrogen and oxygen atoms in total. The molecule has 2 N–H and O–H groups in total. The summed E-state index contributed by atoms with van der Waals surface area (Å²) >= 11 is 0. The first-order chi connectivity index (χ1) is 8.65. The largest absolute Gasteiger partial charge is 0.489 e. The maximum Gasteiger partial charge on any atom is 0.488 e. The molecule has 2 aromatic rings. The van der Waals surface area contributed by atoms with E-state index in [1.54, 1.807) is 12.1 Å². The van der Waals surface area contributed by atoms with Gasteiger partial charge in [-0.1, -0.05) is 36.4 Å². The van der Waals surface area contributed by atoms with Gasteiger partial charge in [-0.05, 0) is 35.6 Å². The van der Waals surface area contributed by atoms with Gasteiger partial charge in [-0.15, -0.1) is 0 Å². The van der Waals surface area contributed by atoms with Gasteiger partial charge in [-0.25, -0.2) is 0 Å². The molecule has 0 saturated heterocycles. The third kappa shape index (κ3) is 3.36. The minimum absolute atomic E-state index is 0.464. The maximum absolute atomic E-state index is 8.98. The Morgan fingerprint density at radius 2 is 1.78 bits per heavy atom. The van der Waals surface area contributed by atoms with Gasteiger partial charge in [0.1, 0.15) is 12.4 Å². The highest BCUT2D eigenvalue weighted by atomic mass is 16.5. The van der Waals surface area contributed by atoms with Crippen molar-refractivity contribution in [1.29, 1.82) is 0 Å². The lowest BCUT2D eigenvalue weighted by Crippen LogP contribution is -2.29. The minimum atomic E-state index is -1.42. The Bertz CT molecular complexity index is 509. The molecule has 18 heavy (non-hydrogen) atoms. The SMILES string of the molecule is Cc1cccc(OCc2ccc(B(O)O)cc2)c1. The number of rotatable bonds is 4. The van der Waals surface area contributed by atoms with E-state index in [1.165, 1.54) is 0 Å². The van der Waals surface area contributed by atoms with Crippen molar-refractivity contribution in [3.63, 3.8) is 0 Å². The van der Waals surface area contributed by atoms with Crippen molar-refractivity contribution in [1.82, 2.24) is 0 Å². The van der Waals surface area contributed by atoms with Gasteiger partial charge < -0.3 is 14.8 Å². The van der Waals surface area contributed by atoms with Gasteiger partial charge in [-0.3, -0.25) is 0 Å². The van der Waals surface area contributed by atoms with Crippen LogP contribution in [0.25, 0.3) is 0 Å². The van der Waals surface area contributed by atoms with Crippen LogP contribution in [0, 0.1) is 6.92 Å². The first-order valence-corrected chi connectivity index (χ1v) is 5.79. The zero-order valence-corrected chi connectivity index (χ0v) is 10.2.